The molecule has 0 radical (unpaired) electrons. The molecule has 152 valence electrons. The van der Waals surface area contributed by atoms with Crippen molar-refractivity contribution < 1.29 is 13.9 Å². The van der Waals surface area contributed by atoms with E-state index in [9.17, 15) is 9.18 Å². The summed E-state index contributed by atoms with van der Waals surface area (Å²) in [7, 11) is 0. The summed E-state index contributed by atoms with van der Waals surface area (Å²) in [5.41, 5.74) is 0.637. The smallest absolute Gasteiger partial charge is 0.251 e. The van der Waals surface area contributed by atoms with Gasteiger partial charge < -0.3 is 15.0 Å². The van der Waals surface area contributed by atoms with Crippen LogP contribution in [-0.4, -0.2) is 47.2 Å². The maximum absolute atomic E-state index is 13.8. The number of rotatable bonds is 4. The van der Waals surface area contributed by atoms with E-state index in [0.717, 1.165) is 37.6 Å². The molecule has 0 saturated carbocycles. The molecule has 7 heteroatoms. The molecule has 2 bridgehead atoms. The minimum Gasteiger partial charge on any atom is -0.369 e. The number of anilines is 1. The maximum atomic E-state index is 13.8. The van der Waals surface area contributed by atoms with Crippen LogP contribution in [0.5, 0.6) is 0 Å². The van der Waals surface area contributed by atoms with E-state index in [0.29, 0.717) is 23.6 Å². The molecule has 5 rings (SSSR count). The number of aryl methyl sites for hydroxylation is 1. The molecule has 1 spiro atoms. The van der Waals surface area contributed by atoms with Crippen molar-refractivity contribution in [1.82, 2.24) is 15.3 Å². The summed E-state index contributed by atoms with van der Waals surface area (Å²) in [6, 6.07) is 6.56. The number of carbonyl (C=O) groups is 1. The van der Waals surface area contributed by atoms with Gasteiger partial charge in [0.15, 0.2) is 0 Å². The number of fused-ring (bicyclic) bond motifs is 1. The van der Waals surface area contributed by atoms with Gasteiger partial charge in [-0.3, -0.25) is 4.79 Å². The summed E-state index contributed by atoms with van der Waals surface area (Å²) >= 11 is 0. The van der Waals surface area contributed by atoms with Gasteiger partial charge in [0.1, 0.15) is 17.5 Å². The Morgan fingerprint density at radius 2 is 2.24 bits per heavy atom. The second-order valence-electron chi connectivity index (χ2n) is 8.50. The molecule has 4 heterocycles. The summed E-state index contributed by atoms with van der Waals surface area (Å²) < 4.78 is 20.3. The highest BCUT2D eigenvalue weighted by Gasteiger charge is 2.63. The molecule has 1 aromatic carbocycles. The summed E-state index contributed by atoms with van der Waals surface area (Å²) in [6.07, 6.45) is 4.05. The Balaban J connectivity index is 1.31. The van der Waals surface area contributed by atoms with Gasteiger partial charge in [0, 0.05) is 43.2 Å². The minimum absolute atomic E-state index is 0.145. The molecule has 1 N–H and O–H groups in total. The normalized spacial score (nSPS) is 29.9. The number of aromatic nitrogens is 2. The third kappa shape index (κ3) is 2.99. The molecule has 6 nitrogen and oxygen atoms in total. The Morgan fingerprint density at radius 1 is 1.38 bits per heavy atom. The van der Waals surface area contributed by atoms with E-state index in [1.54, 1.807) is 25.3 Å². The first-order valence-corrected chi connectivity index (χ1v) is 10.2. The molecular weight excluding hydrogens is 371 g/mol. The van der Waals surface area contributed by atoms with Crippen molar-refractivity contribution in [3.05, 3.63) is 53.2 Å². The monoisotopic (exact) mass is 396 g/mol. The Labute approximate surface area is 169 Å². The number of nitrogens with zero attached hydrogens (tertiary/aromatic N) is 3. The lowest BCUT2D eigenvalue weighted by Gasteiger charge is -2.29. The van der Waals surface area contributed by atoms with Gasteiger partial charge in [-0.15, -0.1) is 0 Å². The molecule has 3 fully saturated rings. The fraction of sp³-hybridized carbons (Fsp3) is 0.500. The predicted molar refractivity (Wildman–Crippen MR) is 106 cm³/mol. The Kier molecular flexibility index (Phi) is 4.31. The van der Waals surface area contributed by atoms with Gasteiger partial charge >= 0.3 is 0 Å². The summed E-state index contributed by atoms with van der Waals surface area (Å²) in [4.78, 5) is 23.7. The molecule has 0 aliphatic carbocycles. The fourth-order valence-electron chi connectivity index (χ4n) is 5.42. The van der Waals surface area contributed by atoms with E-state index in [1.807, 2.05) is 13.0 Å². The van der Waals surface area contributed by atoms with Gasteiger partial charge in [-0.05, 0) is 50.5 Å². The number of nitrogens with one attached hydrogen (secondary N) is 1. The Bertz CT molecular complexity index is 968. The van der Waals surface area contributed by atoms with Crippen molar-refractivity contribution in [2.24, 2.45) is 11.8 Å². The van der Waals surface area contributed by atoms with Crippen LogP contribution in [0.1, 0.15) is 34.6 Å². The second kappa shape index (κ2) is 6.76. The molecule has 2 aromatic rings. The van der Waals surface area contributed by atoms with Gasteiger partial charge in [0.25, 0.3) is 5.91 Å². The number of amides is 1. The van der Waals surface area contributed by atoms with E-state index in [2.05, 4.69) is 20.2 Å². The van der Waals surface area contributed by atoms with E-state index in [-0.39, 0.29) is 29.3 Å². The highest BCUT2D eigenvalue weighted by molar-refractivity contribution is 5.95. The number of ether oxygens (including phenoxy) is 1. The van der Waals surface area contributed by atoms with Gasteiger partial charge in [-0.2, -0.15) is 0 Å². The Morgan fingerprint density at radius 3 is 3.07 bits per heavy atom. The lowest BCUT2D eigenvalue weighted by Crippen LogP contribution is -2.42. The average molecular weight is 396 g/mol. The molecule has 4 atom stereocenters. The summed E-state index contributed by atoms with van der Waals surface area (Å²) in [5.74, 6) is 1.73. The molecule has 3 aliphatic heterocycles. The lowest BCUT2D eigenvalue weighted by atomic mass is 9.73. The van der Waals surface area contributed by atoms with E-state index < -0.39 is 0 Å². The van der Waals surface area contributed by atoms with Gasteiger partial charge in [0.05, 0.1) is 11.7 Å². The van der Waals surface area contributed by atoms with Crippen LogP contribution in [0.2, 0.25) is 0 Å². The van der Waals surface area contributed by atoms with Crippen LogP contribution in [0.25, 0.3) is 0 Å². The summed E-state index contributed by atoms with van der Waals surface area (Å²) in [5, 5.41) is 3.04. The van der Waals surface area contributed by atoms with Gasteiger partial charge in [-0.25, -0.2) is 14.4 Å². The van der Waals surface area contributed by atoms with Gasteiger partial charge in [0.2, 0.25) is 0 Å². The highest BCUT2D eigenvalue weighted by Crippen LogP contribution is 2.55. The van der Waals surface area contributed by atoms with Crippen molar-refractivity contribution in [3.8, 4) is 0 Å². The van der Waals surface area contributed by atoms with Crippen LogP contribution in [0.4, 0.5) is 10.2 Å². The standard InChI is InChI=1S/C22H25FN4O2/c1-13-15(4-3-5-18(13)23)21(28)25-10-16-17-11-27(20-7-9-24-14(2)26-20)12-22(17)8-6-19(16)29-22/h3-5,7,9,16-17,19H,6,8,10-12H2,1-2H3,(H,25,28)/t16-,17+,19+,22+/m0/s1. The van der Waals surface area contributed by atoms with E-state index in [1.165, 1.54) is 6.07 Å². The van der Waals surface area contributed by atoms with Crippen LogP contribution in [-0.2, 0) is 4.74 Å². The van der Waals surface area contributed by atoms with E-state index in [4.69, 9.17) is 4.74 Å². The highest BCUT2D eigenvalue weighted by atomic mass is 19.1. The first kappa shape index (κ1) is 18.5. The number of hydrogen-bond acceptors (Lipinski definition) is 5. The fourth-order valence-corrected chi connectivity index (χ4v) is 5.42. The van der Waals surface area contributed by atoms with Crippen LogP contribution in [0, 0.1) is 31.5 Å². The zero-order valence-corrected chi connectivity index (χ0v) is 16.7. The van der Waals surface area contributed by atoms with Crippen LogP contribution >= 0.6 is 0 Å². The first-order valence-electron chi connectivity index (χ1n) is 10.2. The molecule has 29 heavy (non-hydrogen) atoms. The molecule has 3 saturated heterocycles. The van der Waals surface area contributed by atoms with Crippen LogP contribution in [0.15, 0.2) is 30.5 Å². The zero-order valence-electron chi connectivity index (χ0n) is 16.7. The molecular formula is C22H25FN4O2. The molecule has 3 aliphatic rings. The SMILES string of the molecule is Cc1nccc(N2C[C@@H]3[C@H](CNC(=O)c4cccc(F)c4C)[C@H]4CC[C@]3(C2)O4)n1. The number of halogens is 1. The largest absolute Gasteiger partial charge is 0.369 e. The van der Waals surface area contributed by atoms with Crippen LogP contribution < -0.4 is 10.2 Å². The van der Waals surface area contributed by atoms with Crippen LogP contribution in [0.3, 0.4) is 0 Å². The van der Waals surface area contributed by atoms with Crippen molar-refractivity contribution >= 4 is 11.7 Å². The topological polar surface area (TPSA) is 67.4 Å². The quantitative estimate of drug-likeness (QED) is 0.861. The second-order valence-corrected chi connectivity index (χ2v) is 8.50. The Hall–Kier alpha value is -2.54. The molecule has 1 amide bonds. The van der Waals surface area contributed by atoms with Crippen molar-refractivity contribution in [2.75, 3.05) is 24.5 Å². The van der Waals surface area contributed by atoms with Crippen molar-refractivity contribution in [1.29, 1.82) is 0 Å². The number of hydrogen-bond donors (Lipinski definition) is 1. The van der Waals surface area contributed by atoms with Crippen molar-refractivity contribution in [2.45, 2.75) is 38.4 Å². The maximum Gasteiger partial charge on any atom is 0.251 e. The molecule has 0 unspecified atom stereocenters. The molecule has 1 aromatic heterocycles. The van der Waals surface area contributed by atoms with Crippen molar-refractivity contribution in [3.63, 3.8) is 0 Å². The number of carbonyl (C=O) groups excluding carboxylic acids is 1. The first-order chi connectivity index (χ1) is 14.0. The third-order valence-corrected chi connectivity index (χ3v) is 6.88. The van der Waals surface area contributed by atoms with Gasteiger partial charge in [-0.1, -0.05) is 6.07 Å². The van der Waals surface area contributed by atoms with E-state index >= 15 is 0 Å². The average Bonchev–Trinajstić information content (AvgIpc) is 3.37. The minimum atomic E-state index is -0.355. The summed E-state index contributed by atoms with van der Waals surface area (Å²) in [6.45, 7) is 5.78. The zero-order chi connectivity index (χ0) is 20.2. The predicted octanol–water partition coefficient (Wildman–Crippen LogP) is 2.65. The number of benzene rings is 1. The third-order valence-electron chi connectivity index (χ3n) is 6.88. The lowest BCUT2D eigenvalue weighted by molar-refractivity contribution is 0.0141.